The van der Waals surface area contributed by atoms with Crippen LogP contribution in [0.1, 0.15) is 28.3 Å². The number of hydrogen-bond acceptors (Lipinski definition) is 3. The minimum absolute atomic E-state index is 0.412. The predicted octanol–water partition coefficient (Wildman–Crippen LogP) is 3.10. The first-order valence-corrected chi connectivity index (χ1v) is 8.33. The van der Waals surface area contributed by atoms with E-state index < -0.39 is 0 Å². The zero-order chi connectivity index (χ0) is 13.5. The minimum Gasteiger partial charge on any atom is -0.271 e. The summed E-state index contributed by atoms with van der Waals surface area (Å²) >= 11 is 1.84. The molecule has 3 N–H and O–H groups in total. The van der Waals surface area contributed by atoms with Gasteiger partial charge in [-0.2, -0.15) is 0 Å². The number of rotatable bonds is 4. The Morgan fingerprint density at radius 2 is 2.15 bits per heavy atom. The molecule has 4 rings (SSSR count). The van der Waals surface area contributed by atoms with Crippen molar-refractivity contribution in [3.8, 4) is 0 Å². The molecule has 2 aliphatic rings. The van der Waals surface area contributed by atoms with Crippen LogP contribution in [0.3, 0.4) is 0 Å². The van der Waals surface area contributed by atoms with Crippen molar-refractivity contribution in [3.63, 3.8) is 0 Å². The molecule has 0 saturated heterocycles. The van der Waals surface area contributed by atoms with Crippen molar-refractivity contribution in [1.82, 2.24) is 5.43 Å². The van der Waals surface area contributed by atoms with Gasteiger partial charge in [0.25, 0.3) is 0 Å². The lowest BCUT2D eigenvalue weighted by atomic mass is 9.92. The largest absolute Gasteiger partial charge is 0.271 e. The number of hydrazine groups is 1. The van der Waals surface area contributed by atoms with Crippen molar-refractivity contribution in [2.45, 2.75) is 31.2 Å². The van der Waals surface area contributed by atoms with Gasteiger partial charge in [0.15, 0.2) is 0 Å². The van der Waals surface area contributed by atoms with Crippen molar-refractivity contribution < 1.29 is 0 Å². The fraction of sp³-hybridized carbons (Fsp3) is 0.412. The van der Waals surface area contributed by atoms with Crippen LogP contribution in [-0.2, 0) is 12.8 Å². The molecule has 0 aliphatic heterocycles. The van der Waals surface area contributed by atoms with Crippen molar-refractivity contribution in [2.75, 3.05) is 0 Å². The maximum atomic E-state index is 5.86. The van der Waals surface area contributed by atoms with Crippen molar-refractivity contribution in [2.24, 2.45) is 17.7 Å². The van der Waals surface area contributed by atoms with Crippen LogP contribution in [0.4, 0.5) is 0 Å². The van der Waals surface area contributed by atoms with Crippen LogP contribution in [-0.4, -0.2) is 6.04 Å². The summed E-state index contributed by atoms with van der Waals surface area (Å²) in [5.74, 6) is 8.15. The highest BCUT2D eigenvalue weighted by Crippen LogP contribution is 2.61. The van der Waals surface area contributed by atoms with Gasteiger partial charge < -0.3 is 0 Å². The van der Waals surface area contributed by atoms with E-state index in [-0.39, 0.29) is 0 Å². The zero-order valence-corrected chi connectivity index (χ0v) is 12.3. The maximum absolute atomic E-state index is 5.86. The molecule has 1 heterocycles. The molecule has 1 fully saturated rings. The SMILES string of the molecule is NNC(Cc1cccs1)C1C2CCc3ccccc3C21. The summed E-state index contributed by atoms with van der Waals surface area (Å²) in [6.07, 6.45) is 3.63. The number of nitrogens with two attached hydrogens (primary N) is 1. The fourth-order valence-corrected chi connectivity index (χ4v) is 4.88. The number of aryl methyl sites for hydroxylation is 1. The van der Waals surface area contributed by atoms with E-state index in [1.807, 2.05) is 11.3 Å². The average molecular weight is 284 g/mol. The van der Waals surface area contributed by atoms with Gasteiger partial charge in [0.1, 0.15) is 0 Å². The summed E-state index contributed by atoms with van der Waals surface area (Å²) in [5.41, 5.74) is 6.24. The summed E-state index contributed by atoms with van der Waals surface area (Å²) in [6.45, 7) is 0. The number of nitrogens with one attached hydrogen (secondary N) is 1. The number of hydrogen-bond donors (Lipinski definition) is 2. The highest BCUT2D eigenvalue weighted by Gasteiger charge is 2.55. The lowest BCUT2D eigenvalue weighted by Gasteiger charge is -2.15. The topological polar surface area (TPSA) is 38.0 Å². The van der Waals surface area contributed by atoms with Crippen LogP contribution in [0.25, 0.3) is 0 Å². The van der Waals surface area contributed by atoms with Crippen LogP contribution >= 0.6 is 11.3 Å². The average Bonchev–Trinajstić information content (AvgIpc) is 3.00. The second kappa shape index (κ2) is 4.99. The second-order valence-electron chi connectivity index (χ2n) is 6.06. The third-order valence-corrected chi connectivity index (χ3v) is 5.97. The molecule has 3 heteroatoms. The normalized spacial score (nSPS) is 28.6. The van der Waals surface area contributed by atoms with E-state index in [4.69, 9.17) is 5.84 Å². The van der Waals surface area contributed by atoms with E-state index in [1.54, 1.807) is 11.1 Å². The molecular weight excluding hydrogens is 264 g/mol. The van der Waals surface area contributed by atoms with E-state index >= 15 is 0 Å². The Morgan fingerprint density at radius 1 is 1.25 bits per heavy atom. The quantitative estimate of drug-likeness (QED) is 0.669. The lowest BCUT2D eigenvalue weighted by Crippen LogP contribution is -2.39. The van der Waals surface area contributed by atoms with Gasteiger partial charge in [-0.15, -0.1) is 11.3 Å². The Bertz CT molecular complexity index is 593. The summed E-state index contributed by atoms with van der Waals surface area (Å²) in [5, 5.41) is 2.15. The molecule has 4 atom stereocenters. The van der Waals surface area contributed by atoms with E-state index in [0.717, 1.165) is 18.3 Å². The molecule has 1 aromatic heterocycles. The van der Waals surface area contributed by atoms with Gasteiger partial charge in [0, 0.05) is 10.9 Å². The predicted molar refractivity (Wildman–Crippen MR) is 83.6 cm³/mol. The van der Waals surface area contributed by atoms with Gasteiger partial charge in [-0.3, -0.25) is 11.3 Å². The third-order valence-electron chi connectivity index (χ3n) is 5.07. The molecule has 2 aliphatic carbocycles. The maximum Gasteiger partial charge on any atom is 0.0295 e. The minimum atomic E-state index is 0.412. The Morgan fingerprint density at radius 3 is 2.95 bits per heavy atom. The highest BCUT2D eigenvalue weighted by molar-refractivity contribution is 7.09. The molecule has 1 saturated carbocycles. The molecule has 0 amide bonds. The fourth-order valence-electron chi connectivity index (χ4n) is 4.12. The van der Waals surface area contributed by atoms with Gasteiger partial charge in [-0.05, 0) is 59.6 Å². The molecule has 104 valence electrons. The lowest BCUT2D eigenvalue weighted by molar-refractivity contribution is 0.443. The smallest absolute Gasteiger partial charge is 0.0295 e. The van der Waals surface area contributed by atoms with E-state index in [9.17, 15) is 0 Å². The van der Waals surface area contributed by atoms with Crippen LogP contribution in [0.2, 0.25) is 0 Å². The standard InChI is InChI=1S/C17H20N2S/c18-19-15(10-12-5-3-9-20-12)17-14-8-7-11-4-1-2-6-13(11)16(14)17/h1-6,9,14-17,19H,7-8,10,18H2. The summed E-state index contributed by atoms with van der Waals surface area (Å²) in [4.78, 5) is 1.44. The van der Waals surface area contributed by atoms with Crippen molar-refractivity contribution in [1.29, 1.82) is 0 Å². The van der Waals surface area contributed by atoms with Crippen molar-refractivity contribution >= 4 is 11.3 Å². The first kappa shape index (κ1) is 12.6. The molecule has 0 bridgehead atoms. The Hall–Kier alpha value is -1.16. The van der Waals surface area contributed by atoms with Gasteiger partial charge in [-0.1, -0.05) is 30.3 Å². The molecule has 1 aromatic carbocycles. The molecule has 2 aromatic rings. The molecular formula is C17H20N2S. The Kier molecular flexibility index (Phi) is 3.14. The summed E-state index contributed by atoms with van der Waals surface area (Å²) < 4.78 is 0. The Balaban J connectivity index is 1.56. The second-order valence-corrected chi connectivity index (χ2v) is 7.09. The molecule has 0 spiro atoms. The van der Waals surface area contributed by atoms with E-state index in [1.165, 1.54) is 17.7 Å². The molecule has 2 nitrogen and oxygen atoms in total. The molecule has 0 radical (unpaired) electrons. The van der Waals surface area contributed by atoms with E-state index in [0.29, 0.717) is 12.0 Å². The van der Waals surface area contributed by atoms with E-state index in [2.05, 4.69) is 47.2 Å². The first-order chi connectivity index (χ1) is 9.88. The van der Waals surface area contributed by atoms with Gasteiger partial charge in [-0.25, -0.2) is 0 Å². The van der Waals surface area contributed by atoms with Crippen LogP contribution < -0.4 is 11.3 Å². The van der Waals surface area contributed by atoms with Gasteiger partial charge >= 0.3 is 0 Å². The monoisotopic (exact) mass is 284 g/mol. The first-order valence-electron chi connectivity index (χ1n) is 7.45. The van der Waals surface area contributed by atoms with Gasteiger partial charge in [0.05, 0.1) is 0 Å². The van der Waals surface area contributed by atoms with Crippen molar-refractivity contribution in [3.05, 3.63) is 57.8 Å². The third kappa shape index (κ3) is 2.01. The molecule has 4 unspecified atom stereocenters. The van der Waals surface area contributed by atoms with Crippen LogP contribution in [0, 0.1) is 11.8 Å². The summed E-state index contributed by atoms with van der Waals surface area (Å²) in [6, 6.07) is 13.7. The zero-order valence-electron chi connectivity index (χ0n) is 11.5. The Labute approximate surface area is 124 Å². The number of fused-ring (bicyclic) bond motifs is 3. The number of benzene rings is 1. The number of thiophene rings is 1. The van der Waals surface area contributed by atoms with Crippen LogP contribution in [0.15, 0.2) is 41.8 Å². The summed E-state index contributed by atoms with van der Waals surface area (Å²) in [7, 11) is 0. The molecule has 20 heavy (non-hydrogen) atoms. The van der Waals surface area contributed by atoms with Gasteiger partial charge in [0.2, 0.25) is 0 Å². The highest BCUT2D eigenvalue weighted by atomic mass is 32.1. The van der Waals surface area contributed by atoms with Crippen LogP contribution in [0.5, 0.6) is 0 Å².